The summed E-state index contributed by atoms with van der Waals surface area (Å²) < 4.78 is 21.7. The van der Waals surface area contributed by atoms with Crippen LogP contribution in [0.15, 0.2) is 91.6 Å². The van der Waals surface area contributed by atoms with Gasteiger partial charge in [-0.05, 0) is 174 Å². The summed E-state index contributed by atoms with van der Waals surface area (Å²) in [6, 6.07) is 19.3. The number of nitrogens with two attached hydrogens (primary N) is 5. The maximum absolute atomic E-state index is 12.2. The van der Waals surface area contributed by atoms with Crippen molar-refractivity contribution in [1.82, 2.24) is 39.6 Å². The van der Waals surface area contributed by atoms with E-state index < -0.39 is 16.8 Å². The first-order valence-corrected chi connectivity index (χ1v) is 34.2. The summed E-state index contributed by atoms with van der Waals surface area (Å²) >= 11 is 0. The number of piperidine rings is 2. The predicted molar refractivity (Wildman–Crippen MR) is 378 cm³/mol. The molecule has 15 rings (SSSR count). The van der Waals surface area contributed by atoms with Crippen molar-refractivity contribution < 1.29 is 33.3 Å². The number of anilines is 10. The van der Waals surface area contributed by atoms with Crippen LogP contribution < -0.4 is 53.2 Å². The molecule has 0 unspecified atom stereocenters. The van der Waals surface area contributed by atoms with Crippen molar-refractivity contribution in [3.05, 3.63) is 91.6 Å². The molecule has 5 spiro atoms. The van der Waals surface area contributed by atoms with Gasteiger partial charge in [-0.3, -0.25) is 4.90 Å². The van der Waals surface area contributed by atoms with Crippen molar-refractivity contribution in [3.8, 4) is 0 Å². The number of hydrogen-bond donors (Lipinski definition) is 5. The van der Waals surface area contributed by atoms with E-state index in [9.17, 15) is 14.4 Å². The Morgan fingerprint density at radius 1 is 0.365 bits per heavy atom. The minimum atomic E-state index is -0.446. The van der Waals surface area contributed by atoms with Crippen LogP contribution in [0.3, 0.4) is 0 Å². The second kappa shape index (κ2) is 27.2. The fourth-order valence-corrected chi connectivity index (χ4v) is 14.5. The van der Waals surface area contributed by atoms with E-state index >= 15 is 0 Å². The lowest BCUT2D eigenvalue weighted by molar-refractivity contribution is -0.124. The Balaban J connectivity index is 0.000000123. The molecule has 9 saturated heterocycles. The van der Waals surface area contributed by atoms with Crippen LogP contribution in [0.2, 0.25) is 0 Å². The average Bonchev–Trinajstić information content (AvgIpc) is 0.777. The maximum atomic E-state index is 12.2. The molecule has 0 bridgehead atoms. The van der Waals surface area contributed by atoms with Gasteiger partial charge in [0.25, 0.3) is 0 Å². The number of nitrogen functional groups attached to an aromatic ring is 5. The van der Waals surface area contributed by atoms with Crippen LogP contribution in [0.4, 0.5) is 71.9 Å². The Kier molecular flexibility index (Phi) is 19.5. The Labute approximate surface area is 566 Å². The van der Waals surface area contributed by atoms with Crippen LogP contribution in [-0.2, 0) is 18.9 Å². The van der Waals surface area contributed by atoms with Crippen LogP contribution in [0.5, 0.6) is 0 Å². The molecular weight excluding hydrogens is 1220 g/mol. The highest BCUT2D eigenvalue weighted by atomic mass is 16.6. The summed E-state index contributed by atoms with van der Waals surface area (Å²) in [5.74, 6) is 2.80. The SMILES string of the molecule is CC(C)(C)OC(=O)N1CCC12CN(c1ccc(N)nc1)C2.CC(C)(C)OC(=O)N1CCC2(C1)CN(c1ccc(N)nc1)C2.CC(C)(C)OC(=O)N1CCC2(CC1)CN(c1ccc(N)nc1)C2.Nc1ccc(N2CC3(CCC3)C2)cn1.Nc1ccc(N2CCC3(CC2)COC3)cn1. The second-order valence-electron chi connectivity index (χ2n) is 31.7. The van der Waals surface area contributed by atoms with Gasteiger partial charge in [0.05, 0.1) is 78.2 Å². The van der Waals surface area contributed by atoms with Gasteiger partial charge in [-0.2, -0.15) is 0 Å². The number of amides is 3. The highest BCUT2D eigenvalue weighted by Crippen LogP contribution is 2.50. The van der Waals surface area contributed by atoms with Crippen LogP contribution in [-0.4, -0.2) is 192 Å². The smallest absolute Gasteiger partial charge is 0.410 e. The topological polar surface area (TPSA) is 309 Å². The quantitative estimate of drug-likeness (QED) is 0.102. The van der Waals surface area contributed by atoms with Gasteiger partial charge in [0, 0.05) is 120 Å². The number of hydrogen-bond acceptors (Lipinski definition) is 22. The lowest BCUT2D eigenvalue weighted by Gasteiger charge is -2.62. The molecule has 10 N–H and O–H groups in total. The molecule has 25 heteroatoms. The monoisotopic (exact) mass is 1320 g/mol. The average molecular weight is 1320 g/mol. The lowest BCUT2D eigenvalue weighted by atomic mass is 9.63. The fourth-order valence-electron chi connectivity index (χ4n) is 14.5. The Morgan fingerprint density at radius 3 is 1.01 bits per heavy atom. The van der Waals surface area contributed by atoms with Crippen molar-refractivity contribution in [1.29, 1.82) is 0 Å². The molecule has 96 heavy (non-hydrogen) atoms. The molecule has 5 aromatic heterocycles. The number of ether oxygens (including phenoxy) is 4. The van der Waals surface area contributed by atoms with Crippen LogP contribution >= 0.6 is 0 Å². The van der Waals surface area contributed by atoms with Gasteiger partial charge >= 0.3 is 18.3 Å². The third-order valence-electron chi connectivity index (χ3n) is 20.4. The standard InChI is InChI=1S/C17H26N4O2.C16H24N4O2.C15H22N4O2.C12H17N3O.C11H15N3/c1-16(2,3)23-15(22)20-8-6-17(7-9-20)11-21(12-17)13-4-5-14(18)19-10-13;1-15(2,3)22-14(21)19-7-6-16(9-19)10-20(11-16)12-4-5-13(17)18-8-12;1-14(2,3)21-13(20)19-7-6-15(19)9-18(10-15)11-4-5-12(16)17-8-11;13-11-2-1-10(7-14-11)15-5-3-12(4-6-15)8-16-9-12;12-10-3-2-9(6-13-10)14-7-11(8-14)4-1-5-11/h4-5,10H,6-9,11-12H2,1-3H3,(H2,18,19);4-5,8H,6-7,9-11H2,1-3H3,(H2,17,18);4-5,8H,6-7,9-10H2,1-3H3,(H2,16,17);1-2,7H,3-6,8-9H2,(H2,13,14);2-3,6H,1,4-5,7-8H2,(H2,12,13). The van der Waals surface area contributed by atoms with Gasteiger partial charge in [-0.15, -0.1) is 0 Å². The molecule has 25 nitrogen and oxygen atoms in total. The molecule has 5 aromatic rings. The summed E-state index contributed by atoms with van der Waals surface area (Å²) in [7, 11) is 0. The molecule has 0 atom stereocenters. The summed E-state index contributed by atoms with van der Waals surface area (Å²) in [6.45, 7) is 33.2. The van der Waals surface area contributed by atoms with Crippen LogP contribution in [0.1, 0.15) is 120 Å². The third-order valence-corrected chi connectivity index (χ3v) is 20.4. The Bertz CT molecular complexity index is 3420. The summed E-state index contributed by atoms with van der Waals surface area (Å²) in [6.07, 6.45) is 19.4. The van der Waals surface area contributed by atoms with E-state index in [4.69, 9.17) is 47.6 Å². The summed E-state index contributed by atoms with van der Waals surface area (Å²) in [4.78, 5) is 74.2. The van der Waals surface area contributed by atoms with E-state index in [1.54, 1.807) is 12.3 Å². The first-order valence-electron chi connectivity index (χ1n) is 34.2. The van der Waals surface area contributed by atoms with E-state index in [0.717, 1.165) is 141 Å². The van der Waals surface area contributed by atoms with E-state index in [2.05, 4.69) is 61.6 Å². The first kappa shape index (κ1) is 68.9. The van der Waals surface area contributed by atoms with E-state index in [1.807, 2.05) is 144 Å². The molecule has 1 aliphatic carbocycles. The molecule has 3 amide bonds. The van der Waals surface area contributed by atoms with E-state index in [-0.39, 0.29) is 29.2 Å². The number of aromatic nitrogens is 5. The van der Waals surface area contributed by atoms with E-state index in [0.29, 0.717) is 45.3 Å². The zero-order valence-electron chi connectivity index (χ0n) is 58.1. The largest absolute Gasteiger partial charge is 0.444 e. The zero-order valence-corrected chi connectivity index (χ0v) is 58.1. The number of pyridine rings is 5. The summed E-state index contributed by atoms with van der Waals surface area (Å²) in [5.41, 5.74) is 34.0. The van der Waals surface area contributed by atoms with Crippen LogP contribution in [0.25, 0.3) is 0 Å². The van der Waals surface area contributed by atoms with Crippen molar-refractivity contribution in [2.45, 2.75) is 142 Å². The third kappa shape index (κ3) is 16.7. The Morgan fingerprint density at radius 2 is 0.688 bits per heavy atom. The van der Waals surface area contributed by atoms with Crippen molar-refractivity contribution in [2.24, 2.45) is 21.7 Å². The minimum absolute atomic E-state index is 0.0519. The number of rotatable bonds is 5. The molecular formula is C71H104N18O7. The molecule has 10 fully saturated rings. The fraction of sp³-hybridized carbons (Fsp3) is 0.606. The second-order valence-corrected chi connectivity index (χ2v) is 31.7. The number of carbonyl (C=O) groups is 3. The minimum Gasteiger partial charge on any atom is -0.444 e. The molecule has 9 aliphatic heterocycles. The number of nitrogens with zero attached hydrogens (tertiary/aromatic N) is 13. The summed E-state index contributed by atoms with van der Waals surface area (Å²) in [5, 5.41) is 0. The van der Waals surface area contributed by atoms with Gasteiger partial charge in [-0.1, -0.05) is 6.42 Å². The van der Waals surface area contributed by atoms with Crippen molar-refractivity contribution in [2.75, 3.05) is 165 Å². The normalized spacial score (nSPS) is 21.1. The predicted octanol–water partition coefficient (Wildman–Crippen LogP) is 9.41. The number of carbonyl (C=O) groups excluding carboxylic acids is 3. The highest BCUT2D eigenvalue weighted by molar-refractivity contribution is 5.72. The maximum Gasteiger partial charge on any atom is 0.410 e. The molecule has 14 heterocycles. The molecule has 520 valence electrons. The highest BCUT2D eigenvalue weighted by Gasteiger charge is 2.57. The van der Waals surface area contributed by atoms with E-state index in [1.165, 1.54) is 56.6 Å². The number of likely N-dealkylation sites (tertiary alicyclic amines) is 3. The van der Waals surface area contributed by atoms with Crippen molar-refractivity contribution in [3.63, 3.8) is 0 Å². The molecule has 0 aromatic carbocycles. The van der Waals surface area contributed by atoms with Crippen LogP contribution in [0, 0.1) is 21.7 Å². The van der Waals surface area contributed by atoms with Crippen molar-refractivity contribution >= 4 is 75.8 Å². The Hall–Kier alpha value is -8.48. The first-order chi connectivity index (χ1) is 45.4. The molecule has 0 radical (unpaired) electrons. The van der Waals surface area contributed by atoms with Gasteiger partial charge < -0.3 is 81.9 Å². The van der Waals surface area contributed by atoms with Gasteiger partial charge in [-0.25, -0.2) is 39.3 Å². The molecule has 10 aliphatic rings. The lowest BCUT2D eigenvalue weighted by Crippen LogP contribution is -2.78. The van der Waals surface area contributed by atoms with Gasteiger partial charge in [0.2, 0.25) is 0 Å². The zero-order chi connectivity index (χ0) is 68.5. The molecule has 1 saturated carbocycles. The van der Waals surface area contributed by atoms with Gasteiger partial charge in [0.1, 0.15) is 45.9 Å². The van der Waals surface area contributed by atoms with Gasteiger partial charge in [0.15, 0.2) is 0 Å².